The van der Waals surface area contributed by atoms with Gasteiger partial charge in [-0.3, -0.25) is 4.79 Å². The molecule has 2 aromatic carbocycles. The van der Waals surface area contributed by atoms with Crippen molar-refractivity contribution in [1.29, 1.82) is 0 Å². The predicted octanol–water partition coefficient (Wildman–Crippen LogP) is 3.75. The maximum absolute atomic E-state index is 12.5. The van der Waals surface area contributed by atoms with Gasteiger partial charge in [0.25, 0.3) is 0 Å². The summed E-state index contributed by atoms with van der Waals surface area (Å²) >= 11 is 0. The summed E-state index contributed by atoms with van der Waals surface area (Å²) in [6.07, 6.45) is 0.849. The Bertz CT molecular complexity index is 650. The molecule has 0 heterocycles. The lowest BCUT2D eigenvalue weighted by Crippen LogP contribution is -2.37. The molecule has 0 radical (unpaired) electrons. The topological polar surface area (TPSA) is 17.1 Å². The van der Waals surface area contributed by atoms with Crippen molar-refractivity contribution in [1.82, 2.24) is 0 Å². The van der Waals surface area contributed by atoms with Crippen LogP contribution in [0.5, 0.6) is 0 Å². The minimum atomic E-state index is -1.26. The molecule has 0 aliphatic heterocycles. The number of carbonyl (C=O) groups is 1. The van der Waals surface area contributed by atoms with E-state index in [0.717, 1.165) is 17.5 Å². The highest BCUT2D eigenvalue weighted by atomic mass is 28.3. The SMILES string of the molecule is C[Si](C)(C)c1ccc(C2Cc3ccccc3C2=O)cc1. The van der Waals surface area contributed by atoms with Crippen LogP contribution in [-0.4, -0.2) is 13.9 Å². The molecule has 0 aromatic heterocycles. The quantitative estimate of drug-likeness (QED) is 0.766. The summed E-state index contributed by atoms with van der Waals surface area (Å²) in [4.78, 5) is 12.5. The van der Waals surface area contributed by atoms with Gasteiger partial charge >= 0.3 is 0 Å². The van der Waals surface area contributed by atoms with Crippen LogP contribution >= 0.6 is 0 Å². The summed E-state index contributed by atoms with van der Waals surface area (Å²) < 4.78 is 0. The van der Waals surface area contributed by atoms with Crippen molar-refractivity contribution in [3.05, 3.63) is 65.2 Å². The zero-order valence-corrected chi connectivity index (χ0v) is 13.3. The third kappa shape index (κ3) is 2.25. The Morgan fingerprint density at radius 3 is 2.20 bits per heavy atom. The molecule has 20 heavy (non-hydrogen) atoms. The molecule has 1 nitrogen and oxygen atoms in total. The van der Waals surface area contributed by atoms with E-state index in [1.807, 2.05) is 18.2 Å². The largest absolute Gasteiger partial charge is 0.293 e. The van der Waals surface area contributed by atoms with Gasteiger partial charge in [-0.2, -0.15) is 0 Å². The van der Waals surface area contributed by atoms with Crippen molar-refractivity contribution < 1.29 is 4.79 Å². The van der Waals surface area contributed by atoms with Crippen LogP contribution in [0.1, 0.15) is 27.4 Å². The summed E-state index contributed by atoms with van der Waals surface area (Å²) in [5.41, 5.74) is 3.26. The lowest BCUT2D eigenvalue weighted by atomic mass is 9.95. The van der Waals surface area contributed by atoms with Crippen LogP contribution < -0.4 is 5.19 Å². The van der Waals surface area contributed by atoms with Gasteiger partial charge in [0.2, 0.25) is 0 Å². The number of ketones is 1. The van der Waals surface area contributed by atoms with Crippen LogP contribution in [0.4, 0.5) is 0 Å². The molecule has 3 rings (SSSR count). The minimum Gasteiger partial charge on any atom is -0.293 e. The fourth-order valence-electron chi connectivity index (χ4n) is 2.92. The molecule has 0 saturated heterocycles. The number of carbonyl (C=O) groups excluding carboxylic acids is 1. The molecule has 102 valence electrons. The molecular weight excluding hydrogens is 260 g/mol. The Hall–Kier alpha value is -1.67. The van der Waals surface area contributed by atoms with E-state index in [2.05, 4.69) is 50.0 Å². The second-order valence-corrected chi connectivity index (χ2v) is 11.7. The highest BCUT2D eigenvalue weighted by molar-refractivity contribution is 6.88. The first kappa shape index (κ1) is 13.3. The van der Waals surface area contributed by atoms with Gasteiger partial charge in [0.1, 0.15) is 0 Å². The van der Waals surface area contributed by atoms with Crippen LogP contribution in [0.3, 0.4) is 0 Å². The molecule has 0 bridgehead atoms. The molecule has 0 spiro atoms. The zero-order valence-electron chi connectivity index (χ0n) is 12.3. The second kappa shape index (κ2) is 4.71. The first-order valence-electron chi connectivity index (χ1n) is 7.19. The summed E-state index contributed by atoms with van der Waals surface area (Å²) in [6.45, 7) is 7.04. The van der Waals surface area contributed by atoms with E-state index in [1.54, 1.807) is 0 Å². The molecule has 1 aliphatic rings. The Balaban J connectivity index is 1.91. The average molecular weight is 280 g/mol. The van der Waals surface area contributed by atoms with Crippen LogP contribution in [0.25, 0.3) is 0 Å². The maximum atomic E-state index is 12.5. The van der Waals surface area contributed by atoms with E-state index in [-0.39, 0.29) is 11.7 Å². The number of Topliss-reactive ketones (excluding diaryl/α,β-unsaturated/α-hetero) is 1. The van der Waals surface area contributed by atoms with Crippen molar-refractivity contribution in [2.75, 3.05) is 0 Å². The van der Waals surface area contributed by atoms with Crippen molar-refractivity contribution >= 4 is 19.0 Å². The molecule has 1 atom stereocenters. The normalized spacial score (nSPS) is 18.1. The summed E-state index contributed by atoms with van der Waals surface area (Å²) in [6, 6.07) is 16.7. The van der Waals surface area contributed by atoms with Gasteiger partial charge in [-0.15, -0.1) is 0 Å². The first-order chi connectivity index (χ1) is 9.47. The molecule has 1 unspecified atom stereocenters. The smallest absolute Gasteiger partial charge is 0.170 e. The summed E-state index contributed by atoms with van der Waals surface area (Å²) in [5.74, 6) is 0.296. The van der Waals surface area contributed by atoms with Crippen LogP contribution in [0, 0.1) is 0 Å². The fourth-order valence-corrected chi connectivity index (χ4v) is 4.09. The van der Waals surface area contributed by atoms with E-state index in [9.17, 15) is 4.79 Å². The van der Waals surface area contributed by atoms with Crippen molar-refractivity contribution in [3.63, 3.8) is 0 Å². The van der Waals surface area contributed by atoms with Crippen molar-refractivity contribution in [3.8, 4) is 0 Å². The number of fused-ring (bicyclic) bond motifs is 1. The highest BCUT2D eigenvalue weighted by Crippen LogP contribution is 2.33. The van der Waals surface area contributed by atoms with Crippen LogP contribution in [0.2, 0.25) is 19.6 Å². The standard InChI is InChI=1S/C18H20OSi/c1-20(2,3)15-10-8-13(9-11-15)17-12-14-6-4-5-7-16(14)18(17)19/h4-11,17H,12H2,1-3H3. The Labute approximate surface area is 121 Å². The molecular formula is C18H20OSi. The lowest BCUT2D eigenvalue weighted by Gasteiger charge is -2.17. The van der Waals surface area contributed by atoms with Crippen LogP contribution in [-0.2, 0) is 6.42 Å². The van der Waals surface area contributed by atoms with Gasteiger partial charge in [0, 0.05) is 5.56 Å². The average Bonchev–Trinajstić information content (AvgIpc) is 2.76. The number of hydrogen-bond acceptors (Lipinski definition) is 1. The Kier molecular flexibility index (Phi) is 3.13. The fraction of sp³-hybridized carbons (Fsp3) is 0.278. The van der Waals surface area contributed by atoms with Gasteiger partial charge < -0.3 is 0 Å². The van der Waals surface area contributed by atoms with E-state index in [0.29, 0.717) is 0 Å². The van der Waals surface area contributed by atoms with Crippen molar-refractivity contribution in [2.24, 2.45) is 0 Å². The summed E-state index contributed by atoms with van der Waals surface area (Å²) in [5, 5.41) is 1.45. The lowest BCUT2D eigenvalue weighted by molar-refractivity contribution is 0.0973. The molecule has 1 aliphatic carbocycles. The number of hydrogen-bond donors (Lipinski definition) is 0. The van der Waals surface area contributed by atoms with Gasteiger partial charge in [0.15, 0.2) is 5.78 Å². The van der Waals surface area contributed by atoms with Crippen LogP contribution in [0.15, 0.2) is 48.5 Å². The van der Waals surface area contributed by atoms with Crippen molar-refractivity contribution in [2.45, 2.75) is 32.0 Å². The molecule has 2 aromatic rings. The van der Waals surface area contributed by atoms with E-state index in [1.165, 1.54) is 10.8 Å². The van der Waals surface area contributed by atoms with Gasteiger partial charge in [0.05, 0.1) is 14.0 Å². The molecule has 0 fully saturated rings. The third-order valence-electron chi connectivity index (χ3n) is 4.20. The predicted molar refractivity (Wildman–Crippen MR) is 86.6 cm³/mol. The maximum Gasteiger partial charge on any atom is 0.170 e. The van der Waals surface area contributed by atoms with E-state index < -0.39 is 8.07 Å². The Morgan fingerprint density at radius 2 is 1.60 bits per heavy atom. The van der Waals surface area contributed by atoms with Gasteiger partial charge in [-0.05, 0) is 17.5 Å². The number of benzene rings is 2. The van der Waals surface area contributed by atoms with E-state index in [4.69, 9.17) is 0 Å². The molecule has 2 heteroatoms. The summed E-state index contributed by atoms with van der Waals surface area (Å²) in [7, 11) is -1.26. The monoisotopic (exact) mass is 280 g/mol. The zero-order chi connectivity index (χ0) is 14.3. The minimum absolute atomic E-state index is 0.0167. The highest BCUT2D eigenvalue weighted by Gasteiger charge is 2.31. The first-order valence-corrected chi connectivity index (χ1v) is 10.7. The van der Waals surface area contributed by atoms with Gasteiger partial charge in [-0.25, -0.2) is 0 Å². The molecule has 0 saturated carbocycles. The Morgan fingerprint density at radius 1 is 0.950 bits per heavy atom. The number of rotatable bonds is 2. The molecule has 0 amide bonds. The van der Waals surface area contributed by atoms with Gasteiger partial charge in [-0.1, -0.05) is 73.4 Å². The third-order valence-corrected chi connectivity index (χ3v) is 6.27. The molecule has 0 N–H and O–H groups in total. The van der Waals surface area contributed by atoms with E-state index >= 15 is 0 Å². The second-order valence-electron chi connectivity index (χ2n) is 6.65.